The highest BCUT2D eigenvalue weighted by molar-refractivity contribution is 5.31. The second-order valence-corrected chi connectivity index (χ2v) is 3.41. The van der Waals surface area contributed by atoms with Gasteiger partial charge in [0, 0.05) is 26.5 Å². The van der Waals surface area contributed by atoms with Crippen molar-refractivity contribution in [1.82, 2.24) is 0 Å². The number of pyridine rings is 1. The highest BCUT2D eigenvalue weighted by Crippen LogP contribution is 2.20. The van der Waals surface area contributed by atoms with E-state index < -0.39 is 0 Å². The third kappa shape index (κ3) is 2.59. The Kier molecular flexibility index (Phi) is 3.91. The zero-order valence-corrected chi connectivity index (χ0v) is 9.61. The Bertz CT molecular complexity index is 335. The normalized spacial score (nSPS) is 12.5. The molecule has 4 nitrogen and oxygen atoms in total. The predicted molar refractivity (Wildman–Crippen MR) is 56.6 cm³/mol. The Morgan fingerprint density at radius 1 is 1.47 bits per heavy atom. The number of hydrogen-bond acceptors (Lipinski definition) is 3. The topological polar surface area (TPSA) is 45.4 Å². The van der Waals surface area contributed by atoms with Gasteiger partial charge in [0.1, 0.15) is 5.75 Å². The van der Waals surface area contributed by atoms with Gasteiger partial charge in [-0.25, -0.2) is 0 Å². The zero-order valence-electron chi connectivity index (χ0n) is 9.61. The molecule has 1 aromatic heterocycles. The molecule has 0 saturated heterocycles. The van der Waals surface area contributed by atoms with Crippen LogP contribution in [0.4, 0.5) is 0 Å². The van der Waals surface area contributed by atoms with Gasteiger partial charge in [-0.3, -0.25) is 0 Å². The van der Waals surface area contributed by atoms with Gasteiger partial charge >= 0.3 is 0 Å². The minimum absolute atomic E-state index is 0.259. The second kappa shape index (κ2) is 4.98. The summed E-state index contributed by atoms with van der Waals surface area (Å²) in [5.74, 6) is 0.702. The lowest BCUT2D eigenvalue weighted by molar-refractivity contribution is -0.612. The molecule has 0 aliphatic heterocycles. The van der Waals surface area contributed by atoms with Gasteiger partial charge in [0.25, 0.3) is 0 Å². The molecule has 0 amide bonds. The van der Waals surface area contributed by atoms with Crippen LogP contribution in [0.3, 0.4) is 0 Å². The van der Waals surface area contributed by atoms with Gasteiger partial charge in [-0.15, -0.1) is 0 Å². The van der Waals surface area contributed by atoms with Crippen molar-refractivity contribution in [3.05, 3.63) is 28.7 Å². The first-order valence-electron chi connectivity index (χ1n) is 4.99. The highest BCUT2D eigenvalue weighted by atomic mass is 16.7. The largest absolute Gasteiger partial charge is 0.618 e. The maximum atomic E-state index is 11.2. The zero-order chi connectivity index (χ0) is 11.4. The van der Waals surface area contributed by atoms with Gasteiger partial charge < -0.3 is 14.7 Å². The first-order valence-corrected chi connectivity index (χ1v) is 4.99. The first-order chi connectivity index (χ1) is 7.10. The summed E-state index contributed by atoms with van der Waals surface area (Å²) in [7, 11) is 1.60. The second-order valence-electron chi connectivity index (χ2n) is 3.41. The summed E-state index contributed by atoms with van der Waals surface area (Å²) in [5.41, 5.74) is 1.50. The molecule has 0 aromatic carbocycles. The van der Waals surface area contributed by atoms with Crippen LogP contribution in [0.25, 0.3) is 0 Å². The summed E-state index contributed by atoms with van der Waals surface area (Å²) in [6.45, 7) is 5.61. The van der Waals surface area contributed by atoms with Crippen LogP contribution < -0.4 is 9.47 Å². The maximum Gasteiger partial charge on any atom is 0.199 e. The maximum absolute atomic E-state index is 11.2. The summed E-state index contributed by atoms with van der Waals surface area (Å²) >= 11 is 0. The highest BCUT2D eigenvalue weighted by Gasteiger charge is 2.13. The molecule has 0 aliphatic rings. The molecule has 0 aliphatic carbocycles. The molecular formula is C11H17NO3. The van der Waals surface area contributed by atoms with E-state index in [-0.39, 0.29) is 6.29 Å². The van der Waals surface area contributed by atoms with E-state index >= 15 is 0 Å². The molecule has 0 bridgehead atoms. The number of aromatic nitrogens is 1. The van der Waals surface area contributed by atoms with Crippen LogP contribution in [0.1, 0.15) is 24.6 Å². The van der Waals surface area contributed by atoms with Crippen LogP contribution in [0, 0.1) is 19.1 Å². The Balaban J connectivity index is 2.91. The fourth-order valence-corrected chi connectivity index (χ4v) is 1.28. The smallest absolute Gasteiger partial charge is 0.199 e. The lowest BCUT2D eigenvalue weighted by atomic mass is 10.2. The van der Waals surface area contributed by atoms with Gasteiger partial charge in [0.05, 0.1) is 5.56 Å². The van der Waals surface area contributed by atoms with Crippen molar-refractivity contribution < 1.29 is 14.2 Å². The molecule has 15 heavy (non-hydrogen) atoms. The minimum Gasteiger partial charge on any atom is -0.618 e. The van der Waals surface area contributed by atoms with Crippen LogP contribution in [-0.2, 0) is 4.74 Å². The summed E-state index contributed by atoms with van der Waals surface area (Å²) in [4.78, 5) is 0. The number of rotatable bonds is 4. The van der Waals surface area contributed by atoms with Crippen LogP contribution in [0.2, 0.25) is 0 Å². The summed E-state index contributed by atoms with van der Waals surface area (Å²) in [5, 5.41) is 11.2. The first kappa shape index (κ1) is 11.8. The Hall–Kier alpha value is -1.29. The summed E-state index contributed by atoms with van der Waals surface area (Å²) < 4.78 is 11.6. The molecule has 1 rings (SSSR count). The SMILES string of the molecule is CCC(OC)Oc1cc[n+]([O-])c(C)c1C. The van der Waals surface area contributed by atoms with Crippen LogP contribution >= 0.6 is 0 Å². The molecule has 1 unspecified atom stereocenters. The fourth-order valence-electron chi connectivity index (χ4n) is 1.28. The number of ether oxygens (including phenoxy) is 2. The van der Waals surface area contributed by atoms with Gasteiger partial charge in [0.15, 0.2) is 18.2 Å². The summed E-state index contributed by atoms with van der Waals surface area (Å²) in [6.07, 6.45) is 1.95. The van der Waals surface area contributed by atoms with E-state index in [2.05, 4.69) is 0 Å². The fraction of sp³-hybridized carbons (Fsp3) is 0.545. The molecule has 84 valence electrons. The van der Waals surface area contributed by atoms with Crippen molar-refractivity contribution in [3.8, 4) is 5.75 Å². The average molecular weight is 211 g/mol. The van der Waals surface area contributed by atoms with Gasteiger partial charge in [-0.05, 0) is 6.92 Å². The molecule has 1 aromatic rings. The number of methoxy groups -OCH3 is 1. The van der Waals surface area contributed by atoms with Crippen molar-refractivity contribution in [3.63, 3.8) is 0 Å². The monoisotopic (exact) mass is 211 g/mol. The van der Waals surface area contributed by atoms with E-state index in [4.69, 9.17) is 9.47 Å². The van der Waals surface area contributed by atoms with Crippen LogP contribution in [0.5, 0.6) is 5.75 Å². The van der Waals surface area contributed by atoms with Crippen molar-refractivity contribution in [2.45, 2.75) is 33.5 Å². The molecule has 0 saturated carbocycles. The van der Waals surface area contributed by atoms with Gasteiger partial charge in [-0.2, -0.15) is 4.73 Å². The van der Waals surface area contributed by atoms with E-state index in [1.165, 1.54) is 6.20 Å². The third-order valence-corrected chi connectivity index (χ3v) is 2.46. The third-order valence-electron chi connectivity index (χ3n) is 2.46. The molecule has 0 N–H and O–H groups in total. The molecule has 0 radical (unpaired) electrons. The Labute approximate surface area is 90.0 Å². The number of nitrogens with zero attached hydrogens (tertiary/aromatic N) is 1. The van der Waals surface area contributed by atoms with E-state index in [1.54, 1.807) is 20.1 Å². The molecule has 1 atom stereocenters. The van der Waals surface area contributed by atoms with Crippen LogP contribution in [0.15, 0.2) is 12.3 Å². The quantitative estimate of drug-likeness (QED) is 0.432. The van der Waals surface area contributed by atoms with Crippen molar-refractivity contribution in [1.29, 1.82) is 0 Å². The van der Waals surface area contributed by atoms with Gasteiger partial charge in [0.2, 0.25) is 0 Å². The lowest BCUT2D eigenvalue weighted by Crippen LogP contribution is -2.31. The van der Waals surface area contributed by atoms with Crippen molar-refractivity contribution in [2.24, 2.45) is 0 Å². The molecule has 0 fully saturated rings. The van der Waals surface area contributed by atoms with Crippen molar-refractivity contribution in [2.75, 3.05) is 7.11 Å². The molecular weight excluding hydrogens is 194 g/mol. The van der Waals surface area contributed by atoms with E-state index in [9.17, 15) is 5.21 Å². The molecule has 4 heteroatoms. The predicted octanol–water partition coefficient (Wildman–Crippen LogP) is 1.70. The van der Waals surface area contributed by atoms with E-state index in [0.717, 1.165) is 16.7 Å². The van der Waals surface area contributed by atoms with E-state index in [0.29, 0.717) is 11.4 Å². The Morgan fingerprint density at radius 3 is 2.67 bits per heavy atom. The standard InChI is InChI=1S/C11H17NO3/c1-5-11(14-4)15-10-6-7-12(13)9(3)8(10)2/h6-7,11H,5H2,1-4H3. The summed E-state index contributed by atoms with van der Waals surface area (Å²) in [6, 6.07) is 1.66. The minimum atomic E-state index is -0.259. The molecule has 1 heterocycles. The Morgan fingerprint density at radius 2 is 2.13 bits per heavy atom. The van der Waals surface area contributed by atoms with Gasteiger partial charge in [-0.1, -0.05) is 6.92 Å². The van der Waals surface area contributed by atoms with Crippen molar-refractivity contribution >= 4 is 0 Å². The molecule has 0 spiro atoms. The van der Waals surface area contributed by atoms with Crippen LogP contribution in [-0.4, -0.2) is 13.4 Å². The number of hydrogen-bond donors (Lipinski definition) is 0. The average Bonchev–Trinajstić information content (AvgIpc) is 2.25. The lowest BCUT2D eigenvalue weighted by Gasteiger charge is -2.17. The van der Waals surface area contributed by atoms with E-state index in [1.807, 2.05) is 13.8 Å².